The molecule has 2 heterocycles. The predicted molar refractivity (Wildman–Crippen MR) is 98.2 cm³/mol. The number of aromatic nitrogens is 4. The first kappa shape index (κ1) is 20.1. The van der Waals surface area contributed by atoms with Crippen molar-refractivity contribution < 1.29 is 22.8 Å². The molecule has 0 aliphatic heterocycles. The second kappa shape index (κ2) is 8.17. The molecule has 2 amide bonds. The number of nitrogens with one attached hydrogen (secondary N) is 2. The monoisotopic (exact) mass is 406 g/mol. The van der Waals surface area contributed by atoms with E-state index in [0.29, 0.717) is 12.2 Å². The van der Waals surface area contributed by atoms with Gasteiger partial charge < -0.3 is 10.6 Å². The minimum atomic E-state index is -4.50. The molecule has 152 valence electrons. The molecule has 0 unspecified atom stereocenters. The van der Waals surface area contributed by atoms with E-state index < -0.39 is 23.6 Å². The maximum absolute atomic E-state index is 12.7. The van der Waals surface area contributed by atoms with Crippen molar-refractivity contribution >= 4 is 23.2 Å². The molecule has 0 bridgehead atoms. The lowest BCUT2D eigenvalue weighted by Gasteiger charge is -2.10. The normalized spacial score (nSPS) is 11.3. The summed E-state index contributed by atoms with van der Waals surface area (Å²) in [6, 6.07) is 5.91. The maximum atomic E-state index is 12.7. The minimum absolute atomic E-state index is 0.0250. The van der Waals surface area contributed by atoms with Gasteiger partial charge in [0.1, 0.15) is 6.54 Å². The van der Waals surface area contributed by atoms with Crippen molar-refractivity contribution in [3.8, 4) is 0 Å². The zero-order valence-electron chi connectivity index (χ0n) is 15.3. The molecule has 0 spiro atoms. The van der Waals surface area contributed by atoms with E-state index in [-0.39, 0.29) is 17.9 Å². The molecular formula is C18H17F3N6O2. The Bertz CT molecular complexity index is 1020. The zero-order valence-corrected chi connectivity index (χ0v) is 15.3. The number of amides is 2. The van der Waals surface area contributed by atoms with Crippen molar-refractivity contribution in [1.29, 1.82) is 0 Å². The average molecular weight is 406 g/mol. The van der Waals surface area contributed by atoms with Gasteiger partial charge in [0.25, 0.3) is 5.91 Å². The lowest BCUT2D eigenvalue weighted by molar-refractivity contribution is -0.137. The molecule has 0 saturated carbocycles. The van der Waals surface area contributed by atoms with Crippen LogP contribution in [0.3, 0.4) is 0 Å². The number of benzene rings is 1. The van der Waals surface area contributed by atoms with Gasteiger partial charge in [0.2, 0.25) is 5.91 Å². The van der Waals surface area contributed by atoms with Gasteiger partial charge in [-0.25, -0.2) is 0 Å². The molecule has 0 fully saturated rings. The summed E-state index contributed by atoms with van der Waals surface area (Å²) < 4.78 is 41.1. The Hall–Kier alpha value is -3.63. The number of carbonyl (C=O) groups excluding carboxylic acids is 2. The second-order valence-corrected chi connectivity index (χ2v) is 6.06. The number of anilines is 2. The molecular weight excluding hydrogens is 389 g/mol. The van der Waals surface area contributed by atoms with Crippen LogP contribution in [0.1, 0.15) is 23.0 Å². The predicted octanol–water partition coefficient (Wildman–Crippen LogP) is 3.01. The molecule has 3 aromatic rings. The van der Waals surface area contributed by atoms with E-state index in [0.717, 1.165) is 12.1 Å². The van der Waals surface area contributed by atoms with Crippen LogP contribution in [0.2, 0.25) is 0 Å². The Morgan fingerprint density at radius 2 is 1.90 bits per heavy atom. The van der Waals surface area contributed by atoms with E-state index in [1.165, 1.54) is 29.2 Å². The van der Waals surface area contributed by atoms with Crippen LogP contribution < -0.4 is 10.6 Å². The fraction of sp³-hybridized carbons (Fsp3) is 0.222. The standard InChI is InChI=1S/C18H17F3N6O2/c1-2-26-7-6-15(25-26)17(29)24-14-9-22-27(10-14)11-16(28)23-13-5-3-4-12(8-13)18(19,20)21/h3-10H,2,11H2,1H3,(H,23,28)(H,24,29). The van der Waals surface area contributed by atoms with Crippen LogP contribution >= 0.6 is 0 Å². The van der Waals surface area contributed by atoms with E-state index in [4.69, 9.17) is 0 Å². The molecule has 29 heavy (non-hydrogen) atoms. The summed E-state index contributed by atoms with van der Waals surface area (Å²) >= 11 is 0. The molecule has 0 atom stereocenters. The van der Waals surface area contributed by atoms with Crippen molar-refractivity contribution in [2.24, 2.45) is 0 Å². The Kier molecular flexibility index (Phi) is 5.66. The summed E-state index contributed by atoms with van der Waals surface area (Å²) in [5.41, 5.74) is -0.239. The first-order valence-electron chi connectivity index (χ1n) is 8.59. The molecule has 3 rings (SSSR count). The third kappa shape index (κ3) is 5.21. The molecule has 1 aromatic carbocycles. The van der Waals surface area contributed by atoms with Gasteiger partial charge in [0.15, 0.2) is 5.69 Å². The van der Waals surface area contributed by atoms with Crippen LogP contribution in [-0.4, -0.2) is 31.4 Å². The van der Waals surface area contributed by atoms with Gasteiger partial charge in [-0.2, -0.15) is 23.4 Å². The van der Waals surface area contributed by atoms with Gasteiger partial charge in [-0.05, 0) is 31.2 Å². The topological polar surface area (TPSA) is 93.8 Å². The van der Waals surface area contributed by atoms with Crippen LogP contribution in [0.15, 0.2) is 48.9 Å². The first-order chi connectivity index (χ1) is 13.7. The van der Waals surface area contributed by atoms with Crippen LogP contribution in [0, 0.1) is 0 Å². The zero-order chi connectivity index (χ0) is 21.0. The summed E-state index contributed by atoms with van der Waals surface area (Å²) in [4.78, 5) is 24.2. The molecule has 2 aromatic heterocycles. The lowest BCUT2D eigenvalue weighted by Crippen LogP contribution is -2.19. The Labute approximate surface area is 163 Å². The van der Waals surface area contributed by atoms with Gasteiger partial charge in [-0.3, -0.25) is 19.0 Å². The largest absolute Gasteiger partial charge is 0.416 e. The number of halogens is 3. The molecule has 0 radical (unpaired) electrons. The minimum Gasteiger partial charge on any atom is -0.324 e. The highest BCUT2D eigenvalue weighted by atomic mass is 19.4. The SMILES string of the molecule is CCn1ccc(C(=O)Nc2cnn(CC(=O)Nc3cccc(C(F)(F)F)c3)c2)n1. The summed E-state index contributed by atoms with van der Waals surface area (Å²) in [6.45, 7) is 2.28. The van der Waals surface area contributed by atoms with E-state index >= 15 is 0 Å². The quantitative estimate of drug-likeness (QED) is 0.658. The molecule has 11 heteroatoms. The Morgan fingerprint density at radius 1 is 1.10 bits per heavy atom. The van der Waals surface area contributed by atoms with E-state index in [1.54, 1.807) is 16.9 Å². The first-order valence-corrected chi connectivity index (χ1v) is 8.59. The fourth-order valence-electron chi connectivity index (χ4n) is 2.49. The van der Waals surface area contributed by atoms with E-state index in [9.17, 15) is 22.8 Å². The molecule has 0 aliphatic carbocycles. The summed E-state index contributed by atoms with van der Waals surface area (Å²) in [6.07, 6.45) is -0.0358. The summed E-state index contributed by atoms with van der Waals surface area (Å²) in [5, 5.41) is 13.0. The fourth-order valence-corrected chi connectivity index (χ4v) is 2.49. The van der Waals surface area contributed by atoms with Crippen LogP contribution in [0.25, 0.3) is 0 Å². The molecule has 8 nitrogen and oxygen atoms in total. The highest BCUT2D eigenvalue weighted by Gasteiger charge is 2.30. The van der Waals surface area contributed by atoms with Gasteiger partial charge in [-0.15, -0.1) is 0 Å². The summed E-state index contributed by atoms with van der Waals surface area (Å²) in [5.74, 6) is -0.989. The highest BCUT2D eigenvalue weighted by molar-refractivity contribution is 6.02. The number of carbonyl (C=O) groups is 2. The number of aryl methyl sites for hydroxylation is 1. The number of alkyl halides is 3. The van der Waals surface area contributed by atoms with Crippen molar-refractivity contribution in [3.63, 3.8) is 0 Å². The Morgan fingerprint density at radius 3 is 2.59 bits per heavy atom. The third-order valence-electron chi connectivity index (χ3n) is 3.87. The van der Waals surface area contributed by atoms with Gasteiger partial charge in [0, 0.05) is 24.6 Å². The van der Waals surface area contributed by atoms with Crippen molar-refractivity contribution in [3.05, 3.63) is 60.2 Å². The average Bonchev–Trinajstić information content (AvgIpc) is 3.30. The second-order valence-electron chi connectivity index (χ2n) is 6.06. The van der Waals surface area contributed by atoms with Gasteiger partial charge in [0.05, 0.1) is 17.4 Å². The van der Waals surface area contributed by atoms with Gasteiger partial charge in [-0.1, -0.05) is 6.07 Å². The van der Waals surface area contributed by atoms with Crippen molar-refractivity contribution in [2.75, 3.05) is 10.6 Å². The number of hydrogen-bond donors (Lipinski definition) is 2. The number of rotatable bonds is 6. The molecule has 0 aliphatic rings. The van der Waals surface area contributed by atoms with Crippen LogP contribution in [0.5, 0.6) is 0 Å². The lowest BCUT2D eigenvalue weighted by atomic mass is 10.2. The van der Waals surface area contributed by atoms with Crippen molar-refractivity contribution in [1.82, 2.24) is 19.6 Å². The van der Waals surface area contributed by atoms with Crippen LogP contribution in [-0.2, 0) is 24.1 Å². The molecule has 2 N–H and O–H groups in total. The van der Waals surface area contributed by atoms with Gasteiger partial charge >= 0.3 is 6.18 Å². The number of hydrogen-bond acceptors (Lipinski definition) is 4. The summed E-state index contributed by atoms with van der Waals surface area (Å²) in [7, 11) is 0. The van der Waals surface area contributed by atoms with E-state index in [1.807, 2.05) is 6.92 Å². The van der Waals surface area contributed by atoms with Crippen LogP contribution in [0.4, 0.5) is 24.5 Å². The Balaban J connectivity index is 1.58. The smallest absolute Gasteiger partial charge is 0.324 e. The molecule has 0 saturated heterocycles. The third-order valence-corrected chi connectivity index (χ3v) is 3.87. The maximum Gasteiger partial charge on any atom is 0.416 e. The highest BCUT2D eigenvalue weighted by Crippen LogP contribution is 2.30. The number of nitrogens with zero attached hydrogens (tertiary/aromatic N) is 4. The van der Waals surface area contributed by atoms with E-state index in [2.05, 4.69) is 20.8 Å². The van der Waals surface area contributed by atoms with Crippen molar-refractivity contribution in [2.45, 2.75) is 26.2 Å².